The zero-order valence-corrected chi connectivity index (χ0v) is 18.3. The average Bonchev–Trinajstić information content (AvgIpc) is 3.25. The Kier molecular flexibility index (Phi) is 5.81. The van der Waals surface area contributed by atoms with Crippen molar-refractivity contribution in [3.63, 3.8) is 0 Å². The van der Waals surface area contributed by atoms with Crippen LogP contribution in [0.2, 0.25) is 0 Å². The molecule has 4 heterocycles. The number of carbonyl (C=O) groups is 1. The lowest BCUT2D eigenvalue weighted by molar-refractivity contribution is -0.137. The summed E-state index contributed by atoms with van der Waals surface area (Å²) in [4.78, 5) is 24.9. The number of hydrogen-bond donors (Lipinski definition) is 2. The van der Waals surface area contributed by atoms with E-state index in [1.807, 2.05) is 0 Å². The molecule has 0 spiro atoms. The third kappa shape index (κ3) is 4.52. The van der Waals surface area contributed by atoms with Crippen LogP contribution in [-0.4, -0.2) is 43.9 Å². The van der Waals surface area contributed by atoms with Crippen LogP contribution in [0.5, 0.6) is 0 Å². The van der Waals surface area contributed by atoms with Crippen LogP contribution in [0.3, 0.4) is 0 Å². The zero-order chi connectivity index (χ0) is 24.6. The van der Waals surface area contributed by atoms with Crippen LogP contribution in [0.1, 0.15) is 40.4 Å². The maximum absolute atomic E-state index is 12.9. The number of halogens is 3. The van der Waals surface area contributed by atoms with Gasteiger partial charge in [0.05, 0.1) is 16.9 Å². The number of benzene rings is 1. The molecule has 12 heteroatoms. The van der Waals surface area contributed by atoms with Crippen molar-refractivity contribution >= 4 is 28.6 Å². The fraction of sp³-hybridized carbons (Fsp3) is 0.261. The molecule has 3 N–H and O–H groups in total. The van der Waals surface area contributed by atoms with E-state index >= 15 is 0 Å². The van der Waals surface area contributed by atoms with Gasteiger partial charge in [0.2, 0.25) is 0 Å². The van der Waals surface area contributed by atoms with E-state index in [-0.39, 0.29) is 23.1 Å². The van der Waals surface area contributed by atoms with Gasteiger partial charge in [0.25, 0.3) is 5.91 Å². The van der Waals surface area contributed by atoms with Gasteiger partial charge >= 0.3 is 6.18 Å². The molecule has 1 saturated heterocycles. The molecule has 4 aromatic rings. The Bertz CT molecular complexity index is 1380. The van der Waals surface area contributed by atoms with Crippen molar-refractivity contribution in [3.05, 3.63) is 65.7 Å². The molecule has 0 saturated carbocycles. The van der Waals surface area contributed by atoms with Gasteiger partial charge in [-0.2, -0.15) is 18.3 Å². The lowest BCUT2D eigenvalue weighted by Gasteiger charge is -2.20. The molecular weight excluding hydrogens is 463 g/mol. The molecule has 9 nitrogen and oxygen atoms in total. The molecule has 0 unspecified atom stereocenters. The van der Waals surface area contributed by atoms with Gasteiger partial charge in [-0.05, 0) is 49.2 Å². The van der Waals surface area contributed by atoms with Crippen molar-refractivity contribution in [2.45, 2.75) is 24.9 Å². The lowest BCUT2D eigenvalue weighted by atomic mass is 9.96. The Morgan fingerprint density at radius 1 is 1.09 bits per heavy atom. The number of fused-ring (bicyclic) bond motifs is 1. The molecule has 0 bridgehead atoms. The second-order valence-electron chi connectivity index (χ2n) is 8.07. The molecule has 1 aliphatic rings. The van der Waals surface area contributed by atoms with E-state index < -0.39 is 17.6 Å². The number of rotatable bonds is 4. The Hall–Kier alpha value is -4.06. The highest BCUT2D eigenvalue weighted by molar-refractivity contribution is 6.04. The molecule has 1 amide bonds. The molecule has 35 heavy (non-hydrogen) atoms. The van der Waals surface area contributed by atoms with E-state index in [0.717, 1.165) is 36.9 Å². The molecule has 180 valence electrons. The van der Waals surface area contributed by atoms with Gasteiger partial charge in [-0.3, -0.25) is 4.79 Å². The van der Waals surface area contributed by atoms with Gasteiger partial charge in [-0.25, -0.2) is 19.6 Å². The maximum atomic E-state index is 12.9. The molecule has 1 fully saturated rings. The monoisotopic (exact) mass is 483 g/mol. The van der Waals surface area contributed by atoms with Crippen molar-refractivity contribution in [3.8, 4) is 5.69 Å². The zero-order valence-electron chi connectivity index (χ0n) is 18.3. The molecule has 0 aliphatic carbocycles. The number of ether oxygens (including phenoxy) is 1. The normalized spacial score (nSPS) is 14.8. The summed E-state index contributed by atoms with van der Waals surface area (Å²) in [6, 6.07) is 8.04. The molecule has 1 aliphatic heterocycles. The number of aromatic nitrogens is 5. The minimum atomic E-state index is -4.54. The minimum Gasteiger partial charge on any atom is -0.382 e. The van der Waals surface area contributed by atoms with Gasteiger partial charge < -0.3 is 15.8 Å². The predicted molar refractivity (Wildman–Crippen MR) is 121 cm³/mol. The second kappa shape index (κ2) is 8.95. The number of hydrogen-bond acceptors (Lipinski definition) is 7. The van der Waals surface area contributed by atoms with E-state index in [1.165, 1.54) is 6.33 Å². The van der Waals surface area contributed by atoms with Crippen LogP contribution in [0, 0.1) is 0 Å². The summed E-state index contributed by atoms with van der Waals surface area (Å²) in [6.07, 6.45) is -0.502. The van der Waals surface area contributed by atoms with Gasteiger partial charge in [-0.15, -0.1) is 0 Å². The summed E-state index contributed by atoms with van der Waals surface area (Å²) in [5.74, 6) is -0.345. The lowest BCUT2D eigenvalue weighted by Crippen LogP contribution is -2.15. The van der Waals surface area contributed by atoms with Crippen LogP contribution in [0.4, 0.5) is 24.8 Å². The number of nitrogens with one attached hydrogen (secondary N) is 1. The highest BCUT2D eigenvalue weighted by Crippen LogP contribution is 2.33. The number of nitrogens with two attached hydrogens (primary N) is 1. The maximum Gasteiger partial charge on any atom is 0.416 e. The van der Waals surface area contributed by atoms with Crippen LogP contribution < -0.4 is 11.1 Å². The molecule has 1 aromatic carbocycles. The highest BCUT2D eigenvalue weighted by atomic mass is 19.4. The number of carbonyl (C=O) groups excluding carboxylic acids is 1. The summed E-state index contributed by atoms with van der Waals surface area (Å²) in [6.45, 7) is 1.29. The number of pyridine rings is 1. The topological polar surface area (TPSA) is 121 Å². The Labute approximate surface area is 197 Å². The van der Waals surface area contributed by atoms with Crippen LogP contribution in [0.25, 0.3) is 16.7 Å². The minimum absolute atomic E-state index is 0.173. The predicted octanol–water partition coefficient (Wildman–Crippen LogP) is 3.96. The molecule has 0 radical (unpaired) electrons. The van der Waals surface area contributed by atoms with Crippen molar-refractivity contribution < 1.29 is 22.7 Å². The Balaban J connectivity index is 1.43. The molecule has 0 atom stereocenters. The first-order chi connectivity index (χ1) is 16.8. The molecule has 3 aromatic heterocycles. The fourth-order valence-electron chi connectivity index (χ4n) is 4.04. The van der Waals surface area contributed by atoms with Crippen LogP contribution >= 0.6 is 0 Å². The van der Waals surface area contributed by atoms with Gasteiger partial charge in [0, 0.05) is 30.9 Å². The standard InChI is InChI=1S/C23H20F3N7O2/c24-23(25,26)15-5-8-28-17(11-15)31-22(34)14-1-3-16(4-2-14)33-20-19(29-12-30-21(20)27)18(32-33)13-6-9-35-10-7-13/h1-5,8,11-13H,6-7,9-10H2,(H2,27,29,30)(H,28,31,34). The quantitative estimate of drug-likeness (QED) is 0.451. The first-order valence-electron chi connectivity index (χ1n) is 10.8. The van der Waals surface area contributed by atoms with E-state index in [1.54, 1.807) is 28.9 Å². The first-order valence-corrected chi connectivity index (χ1v) is 10.8. The summed E-state index contributed by atoms with van der Waals surface area (Å²) in [7, 11) is 0. The largest absolute Gasteiger partial charge is 0.416 e. The smallest absolute Gasteiger partial charge is 0.382 e. The number of anilines is 2. The third-order valence-electron chi connectivity index (χ3n) is 5.82. The number of alkyl halides is 3. The molecular formula is C23H20F3N7O2. The van der Waals surface area contributed by atoms with Crippen molar-refractivity contribution in [1.82, 2.24) is 24.7 Å². The summed E-state index contributed by atoms with van der Waals surface area (Å²) in [5.41, 5.74) is 8.17. The number of nitrogens with zero attached hydrogens (tertiary/aromatic N) is 5. The third-order valence-corrected chi connectivity index (χ3v) is 5.82. The number of amides is 1. The SMILES string of the molecule is Nc1ncnc2c(C3CCOCC3)nn(-c3ccc(C(=O)Nc4cc(C(F)(F)F)ccn4)cc3)c12. The highest BCUT2D eigenvalue weighted by Gasteiger charge is 2.31. The van der Waals surface area contributed by atoms with Gasteiger partial charge in [-0.1, -0.05) is 0 Å². The van der Waals surface area contributed by atoms with Gasteiger partial charge in [0.15, 0.2) is 5.82 Å². The van der Waals surface area contributed by atoms with Crippen LogP contribution in [-0.2, 0) is 10.9 Å². The second-order valence-corrected chi connectivity index (χ2v) is 8.07. The Morgan fingerprint density at radius 2 is 1.83 bits per heavy atom. The van der Waals surface area contributed by atoms with E-state index in [0.29, 0.717) is 29.9 Å². The van der Waals surface area contributed by atoms with Crippen LogP contribution in [0.15, 0.2) is 48.9 Å². The van der Waals surface area contributed by atoms with E-state index in [9.17, 15) is 18.0 Å². The van der Waals surface area contributed by atoms with Crippen molar-refractivity contribution in [1.29, 1.82) is 0 Å². The van der Waals surface area contributed by atoms with Crippen molar-refractivity contribution in [2.75, 3.05) is 24.3 Å². The average molecular weight is 483 g/mol. The first kappa shape index (κ1) is 22.7. The molecule has 5 rings (SSSR count). The Morgan fingerprint density at radius 3 is 2.54 bits per heavy atom. The number of nitrogen functional groups attached to an aromatic ring is 1. The summed E-state index contributed by atoms with van der Waals surface area (Å²) < 4.78 is 45.9. The summed E-state index contributed by atoms with van der Waals surface area (Å²) in [5, 5.41) is 7.17. The van der Waals surface area contributed by atoms with Crippen molar-refractivity contribution in [2.24, 2.45) is 0 Å². The van der Waals surface area contributed by atoms with Gasteiger partial charge in [0.1, 0.15) is 23.2 Å². The fourth-order valence-corrected chi connectivity index (χ4v) is 4.04. The van der Waals surface area contributed by atoms with E-state index in [4.69, 9.17) is 15.6 Å². The van der Waals surface area contributed by atoms with E-state index in [2.05, 4.69) is 20.3 Å². The summed E-state index contributed by atoms with van der Waals surface area (Å²) >= 11 is 0.